The predicted molar refractivity (Wildman–Crippen MR) is 109 cm³/mol. The molecule has 2 heterocycles. The van der Waals surface area contributed by atoms with Gasteiger partial charge in [-0.25, -0.2) is 4.98 Å². The molecule has 1 atom stereocenters. The third-order valence-corrected chi connectivity index (χ3v) is 5.72. The quantitative estimate of drug-likeness (QED) is 0.490. The molecule has 4 nitrogen and oxygen atoms in total. The van der Waals surface area contributed by atoms with Crippen LogP contribution in [0.2, 0.25) is 0 Å². The molecular weight excluding hydrogens is 360 g/mol. The standard InChI is InChI=1S/C20H18N4S2/c1-14-23-24-20(26-14)22-17(12-15-8-4-2-5-9-15)19-21-18(13-25-19)16-10-6-3-7-11-16/h2-11,13,17H,12H2,1H3,(H,22,24). The second-order valence-corrected chi connectivity index (χ2v) is 8.02. The normalized spacial score (nSPS) is 12.0. The maximum atomic E-state index is 4.89. The molecule has 0 radical (unpaired) electrons. The molecule has 130 valence electrons. The Kier molecular flexibility index (Phi) is 5.04. The van der Waals surface area contributed by atoms with E-state index in [2.05, 4.69) is 57.3 Å². The SMILES string of the molecule is Cc1nnc(NC(Cc2ccccc2)c2nc(-c3ccccc3)cs2)s1. The fraction of sp³-hybridized carbons (Fsp3) is 0.150. The van der Waals surface area contributed by atoms with Crippen molar-refractivity contribution in [1.29, 1.82) is 0 Å². The first-order valence-corrected chi connectivity index (χ1v) is 10.1. The van der Waals surface area contributed by atoms with Crippen molar-refractivity contribution in [3.8, 4) is 11.3 Å². The molecule has 6 heteroatoms. The second-order valence-electron chi connectivity index (χ2n) is 5.95. The van der Waals surface area contributed by atoms with Gasteiger partial charge in [0.1, 0.15) is 10.0 Å². The first-order chi connectivity index (χ1) is 12.8. The Morgan fingerprint density at radius 1 is 0.962 bits per heavy atom. The molecule has 0 aliphatic rings. The van der Waals surface area contributed by atoms with Crippen LogP contribution in [-0.2, 0) is 6.42 Å². The lowest BCUT2D eigenvalue weighted by molar-refractivity contribution is 0.763. The molecular formula is C20H18N4S2. The number of benzene rings is 2. The Morgan fingerprint density at radius 2 is 1.69 bits per heavy atom. The summed E-state index contributed by atoms with van der Waals surface area (Å²) in [5, 5.41) is 16.8. The van der Waals surface area contributed by atoms with Crippen LogP contribution in [0.5, 0.6) is 0 Å². The lowest BCUT2D eigenvalue weighted by Gasteiger charge is -2.15. The summed E-state index contributed by atoms with van der Waals surface area (Å²) in [5.41, 5.74) is 3.42. The summed E-state index contributed by atoms with van der Waals surface area (Å²) in [6.45, 7) is 1.96. The summed E-state index contributed by atoms with van der Waals surface area (Å²) in [4.78, 5) is 4.89. The molecule has 1 N–H and O–H groups in total. The number of aryl methyl sites for hydroxylation is 1. The first kappa shape index (κ1) is 16.9. The molecule has 4 rings (SSSR count). The van der Waals surface area contributed by atoms with E-state index in [4.69, 9.17) is 4.98 Å². The van der Waals surface area contributed by atoms with Crippen LogP contribution in [0.3, 0.4) is 0 Å². The van der Waals surface area contributed by atoms with Crippen molar-refractivity contribution in [3.05, 3.63) is 81.6 Å². The Balaban J connectivity index is 1.62. The Morgan fingerprint density at radius 3 is 2.38 bits per heavy atom. The number of aromatic nitrogens is 3. The fourth-order valence-corrected chi connectivity index (χ4v) is 4.27. The van der Waals surface area contributed by atoms with Gasteiger partial charge in [-0.2, -0.15) is 0 Å². The van der Waals surface area contributed by atoms with Crippen LogP contribution >= 0.6 is 22.7 Å². The van der Waals surface area contributed by atoms with Crippen molar-refractivity contribution in [2.45, 2.75) is 19.4 Å². The van der Waals surface area contributed by atoms with Gasteiger partial charge < -0.3 is 5.32 Å². The van der Waals surface area contributed by atoms with Crippen LogP contribution in [0.15, 0.2) is 66.0 Å². The predicted octanol–water partition coefficient (Wildman–Crippen LogP) is 5.37. The minimum Gasteiger partial charge on any atom is -0.350 e. The molecule has 0 bridgehead atoms. The molecule has 26 heavy (non-hydrogen) atoms. The second kappa shape index (κ2) is 7.76. The van der Waals surface area contributed by atoms with E-state index in [1.165, 1.54) is 5.56 Å². The van der Waals surface area contributed by atoms with Crippen molar-refractivity contribution in [2.75, 3.05) is 5.32 Å². The molecule has 0 fully saturated rings. The van der Waals surface area contributed by atoms with E-state index < -0.39 is 0 Å². The van der Waals surface area contributed by atoms with Gasteiger partial charge in [0, 0.05) is 10.9 Å². The number of thiazole rings is 1. The van der Waals surface area contributed by atoms with Crippen LogP contribution < -0.4 is 5.32 Å². The molecule has 0 aliphatic heterocycles. The van der Waals surface area contributed by atoms with Gasteiger partial charge in [0.05, 0.1) is 11.7 Å². The van der Waals surface area contributed by atoms with Gasteiger partial charge >= 0.3 is 0 Å². The van der Waals surface area contributed by atoms with Crippen LogP contribution in [0.25, 0.3) is 11.3 Å². The average molecular weight is 379 g/mol. The topological polar surface area (TPSA) is 50.7 Å². The molecule has 0 amide bonds. The van der Waals surface area contributed by atoms with Crippen molar-refractivity contribution < 1.29 is 0 Å². The van der Waals surface area contributed by atoms with Crippen LogP contribution in [0.4, 0.5) is 5.13 Å². The molecule has 1 unspecified atom stereocenters. The summed E-state index contributed by atoms with van der Waals surface area (Å²) in [6.07, 6.45) is 0.848. The van der Waals surface area contributed by atoms with E-state index in [1.54, 1.807) is 22.7 Å². The summed E-state index contributed by atoms with van der Waals surface area (Å²) in [5.74, 6) is 0. The maximum Gasteiger partial charge on any atom is 0.206 e. The third-order valence-electron chi connectivity index (χ3n) is 4.00. The zero-order valence-electron chi connectivity index (χ0n) is 14.3. The molecule has 2 aromatic carbocycles. The Labute approximate surface area is 160 Å². The largest absolute Gasteiger partial charge is 0.350 e. The number of nitrogens with one attached hydrogen (secondary N) is 1. The highest BCUT2D eigenvalue weighted by atomic mass is 32.1. The molecule has 0 saturated heterocycles. The van der Waals surface area contributed by atoms with Gasteiger partial charge in [-0.3, -0.25) is 0 Å². The van der Waals surface area contributed by atoms with E-state index in [9.17, 15) is 0 Å². The minimum atomic E-state index is 0.0622. The van der Waals surface area contributed by atoms with Crippen LogP contribution in [0.1, 0.15) is 21.6 Å². The lowest BCUT2D eigenvalue weighted by Crippen LogP contribution is -2.13. The van der Waals surface area contributed by atoms with Gasteiger partial charge in [-0.05, 0) is 18.9 Å². The lowest BCUT2D eigenvalue weighted by atomic mass is 10.1. The van der Waals surface area contributed by atoms with Gasteiger partial charge in [0.2, 0.25) is 5.13 Å². The summed E-state index contributed by atoms with van der Waals surface area (Å²) in [7, 11) is 0. The van der Waals surface area contributed by atoms with Gasteiger partial charge in [0.15, 0.2) is 0 Å². The van der Waals surface area contributed by atoms with Gasteiger partial charge in [-0.15, -0.1) is 21.5 Å². The molecule has 0 spiro atoms. The summed E-state index contributed by atoms with van der Waals surface area (Å²) in [6, 6.07) is 20.8. The zero-order valence-corrected chi connectivity index (χ0v) is 15.9. The minimum absolute atomic E-state index is 0.0622. The third kappa shape index (κ3) is 3.98. The van der Waals surface area contributed by atoms with E-state index in [-0.39, 0.29) is 6.04 Å². The van der Waals surface area contributed by atoms with Crippen molar-refractivity contribution in [3.63, 3.8) is 0 Å². The van der Waals surface area contributed by atoms with Gasteiger partial charge in [0.25, 0.3) is 0 Å². The van der Waals surface area contributed by atoms with Crippen molar-refractivity contribution in [1.82, 2.24) is 15.2 Å². The highest BCUT2D eigenvalue weighted by molar-refractivity contribution is 7.15. The van der Waals surface area contributed by atoms with Gasteiger partial charge in [-0.1, -0.05) is 72.0 Å². The molecule has 2 aromatic heterocycles. The first-order valence-electron chi connectivity index (χ1n) is 8.39. The van der Waals surface area contributed by atoms with E-state index in [1.807, 2.05) is 31.2 Å². The zero-order chi connectivity index (χ0) is 17.8. The number of rotatable bonds is 6. The Hall–Kier alpha value is -2.57. The van der Waals surface area contributed by atoms with E-state index in [0.29, 0.717) is 0 Å². The number of nitrogens with zero attached hydrogens (tertiary/aromatic N) is 3. The number of anilines is 1. The monoisotopic (exact) mass is 378 g/mol. The van der Waals surface area contributed by atoms with Crippen molar-refractivity contribution in [2.24, 2.45) is 0 Å². The highest BCUT2D eigenvalue weighted by Gasteiger charge is 2.18. The molecule has 0 aliphatic carbocycles. The number of hydrogen-bond acceptors (Lipinski definition) is 6. The van der Waals surface area contributed by atoms with Crippen LogP contribution in [-0.4, -0.2) is 15.2 Å². The average Bonchev–Trinajstić information content (AvgIpc) is 3.32. The molecule has 4 aromatic rings. The smallest absolute Gasteiger partial charge is 0.206 e. The van der Waals surface area contributed by atoms with Crippen LogP contribution in [0, 0.1) is 6.92 Å². The summed E-state index contributed by atoms with van der Waals surface area (Å²) < 4.78 is 0. The Bertz CT molecular complexity index is 964. The van der Waals surface area contributed by atoms with E-state index in [0.717, 1.165) is 32.8 Å². The van der Waals surface area contributed by atoms with E-state index >= 15 is 0 Å². The molecule has 0 saturated carbocycles. The summed E-state index contributed by atoms with van der Waals surface area (Å²) >= 11 is 3.25. The van der Waals surface area contributed by atoms with Crippen molar-refractivity contribution >= 4 is 27.8 Å². The maximum absolute atomic E-state index is 4.89. The highest BCUT2D eigenvalue weighted by Crippen LogP contribution is 2.30. The number of hydrogen-bond donors (Lipinski definition) is 1. The fourth-order valence-electron chi connectivity index (χ4n) is 2.74.